The molecule has 178 valence electrons. The fraction of sp³-hybridized carbons (Fsp3) is 0.600. The van der Waals surface area contributed by atoms with E-state index < -0.39 is 22.5 Å². The molecule has 12 heteroatoms. The number of aliphatic hydroxyl groups excluding tert-OH is 2. The number of ether oxygens (including phenoxy) is 1. The molecule has 0 fully saturated rings. The quantitative estimate of drug-likeness (QED) is 0.110. The number of hydroxylamine groups is 2. The first-order chi connectivity index (χ1) is 15.1. The first kappa shape index (κ1) is 27.7. The van der Waals surface area contributed by atoms with Gasteiger partial charge in [-0.3, -0.25) is 19.7 Å². The van der Waals surface area contributed by atoms with Crippen LogP contribution in [-0.2, 0) is 32.2 Å². The Balaban J connectivity index is 3.02. The van der Waals surface area contributed by atoms with Crippen molar-refractivity contribution in [3.63, 3.8) is 0 Å². The van der Waals surface area contributed by atoms with Crippen molar-refractivity contribution >= 4 is 25.3 Å². The molecule has 11 nitrogen and oxygen atoms in total. The zero-order chi connectivity index (χ0) is 24.1. The summed E-state index contributed by atoms with van der Waals surface area (Å²) in [6.45, 7) is 5.39. The normalized spacial score (nSPS) is 12.4. The average molecular weight is 453 g/mol. The summed E-state index contributed by atoms with van der Waals surface area (Å²) >= 11 is 0. The van der Waals surface area contributed by atoms with E-state index >= 15 is 0 Å². The zero-order valence-corrected chi connectivity index (χ0v) is 18.8. The lowest BCUT2D eigenvalue weighted by molar-refractivity contribution is -0.385. The number of hydrogen-bond acceptors (Lipinski definition) is 10. The van der Waals surface area contributed by atoms with E-state index in [1.165, 1.54) is 11.1 Å². The van der Waals surface area contributed by atoms with Gasteiger partial charge in [0, 0.05) is 30.8 Å². The SMILES string of the molecule is CC(C)(C)OC(=O)C[C@H](Cc1cc(CON(CCO)CCO)ccc1[N+](=O)[O-])NBC=O. The summed E-state index contributed by atoms with van der Waals surface area (Å²) in [4.78, 5) is 39.6. The molecule has 0 saturated carbocycles. The standard InChI is InChI=1S/C20H32BN3O8/c1-20(2,3)32-19(28)12-17(22-21-14-27)11-16-10-15(4-5-18(16)24(29)30)13-31-23(6-8-25)7-9-26/h4-5,10,14,17,21-22,25-26H,6-9,11-13H2,1-3H3/t17-/m0/s1. The molecule has 0 aromatic heterocycles. The van der Waals surface area contributed by atoms with E-state index in [9.17, 15) is 19.7 Å². The molecular formula is C20H32BN3O8. The van der Waals surface area contributed by atoms with Crippen molar-refractivity contribution in [1.82, 2.24) is 10.3 Å². The Kier molecular flexibility index (Phi) is 12.0. The van der Waals surface area contributed by atoms with Crippen LogP contribution in [0.1, 0.15) is 38.3 Å². The van der Waals surface area contributed by atoms with Crippen molar-refractivity contribution in [3.8, 4) is 0 Å². The molecule has 0 radical (unpaired) electrons. The Bertz CT molecular complexity index is 751. The monoisotopic (exact) mass is 453 g/mol. The first-order valence-electron chi connectivity index (χ1n) is 10.3. The van der Waals surface area contributed by atoms with Gasteiger partial charge >= 0.3 is 5.97 Å². The van der Waals surface area contributed by atoms with Gasteiger partial charge in [0.25, 0.3) is 13.1 Å². The van der Waals surface area contributed by atoms with Gasteiger partial charge in [-0.05, 0) is 44.9 Å². The molecule has 0 amide bonds. The topological polar surface area (TPSA) is 151 Å². The summed E-state index contributed by atoms with van der Waals surface area (Å²) in [5.74, 6) is -0.480. The number of nitro benzene ring substituents is 1. The molecule has 0 bridgehead atoms. The van der Waals surface area contributed by atoms with Gasteiger partial charge in [0.2, 0.25) is 0 Å². The van der Waals surface area contributed by atoms with Crippen molar-refractivity contribution < 1.29 is 34.3 Å². The van der Waals surface area contributed by atoms with Crippen molar-refractivity contribution in [2.75, 3.05) is 26.3 Å². The number of hydrogen-bond donors (Lipinski definition) is 3. The number of nitro groups is 1. The van der Waals surface area contributed by atoms with E-state index in [0.29, 0.717) is 17.3 Å². The molecular weight excluding hydrogens is 421 g/mol. The number of benzene rings is 1. The fourth-order valence-electron chi connectivity index (χ4n) is 2.98. The maximum Gasteiger partial charge on any atom is 0.307 e. The van der Waals surface area contributed by atoms with Crippen molar-refractivity contribution in [2.24, 2.45) is 0 Å². The lowest BCUT2D eigenvalue weighted by atomic mass is 9.92. The predicted molar refractivity (Wildman–Crippen MR) is 119 cm³/mol. The maximum absolute atomic E-state index is 12.3. The van der Waals surface area contributed by atoms with Gasteiger partial charge in [-0.1, -0.05) is 0 Å². The Hall–Kier alpha value is -2.38. The number of nitrogens with one attached hydrogen (secondary N) is 1. The minimum absolute atomic E-state index is 0.0126. The number of carbonyl (C=O) groups is 2. The van der Waals surface area contributed by atoms with Crippen LogP contribution >= 0.6 is 0 Å². The largest absolute Gasteiger partial charge is 0.460 e. The smallest absolute Gasteiger partial charge is 0.307 e. The minimum Gasteiger partial charge on any atom is -0.460 e. The summed E-state index contributed by atoms with van der Waals surface area (Å²) in [6.07, 6.45) is 0.704. The van der Waals surface area contributed by atoms with Crippen LogP contribution in [0.2, 0.25) is 0 Å². The van der Waals surface area contributed by atoms with Crippen LogP contribution in [0.3, 0.4) is 0 Å². The zero-order valence-electron chi connectivity index (χ0n) is 18.8. The summed E-state index contributed by atoms with van der Waals surface area (Å²) in [5, 5.41) is 34.0. The molecule has 0 aliphatic rings. The summed E-state index contributed by atoms with van der Waals surface area (Å²) in [7, 11) is -0.0126. The van der Waals surface area contributed by atoms with Gasteiger partial charge in [0.05, 0.1) is 37.4 Å². The van der Waals surface area contributed by atoms with Gasteiger partial charge in [0.1, 0.15) is 5.60 Å². The van der Waals surface area contributed by atoms with Crippen molar-refractivity contribution in [2.45, 2.75) is 51.9 Å². The van der Waals surface area contributed by atoms with E-state index in [1.807, 2.05) is 0 Å². The number of carbonyl (C=O) groups excluding carboxylic acids is 2. The van der Waals surface area contributed by atoms with E-state index in [1.54, 1.807) is 32.9 Å². The molecule has 0 unspecified atom stereocenters. The van der Waals surface area contributed by atoms with E-state index in [-0.39, 0.29) is 58.9 Å². The average Bonchev–Trinajstić information content (AvgIpc) is 2.69. The number of esters is 1. The Morgan fingerprint density at radius 1 is 1.31 bits per heavy atom. The summed E-state index contributed by atoms with van der Waals surface area (Å²) in [6, 6.07) is 3.98. The van der Waals surface area contributed by atoms with E-state index in [4.69, 9.17) is 19.8 Å². The van der Waals surface area contributed by atoms with Crippen LogP contribution in [0.15, 0.2) is 18.2 Å². The molecule has 1 rings (SSSR count). The molecule has 1 aromatic carbocycles. The Labute approximate surface area is 188 Å². The second-order valence-electron chi connectivity index (χ2n) is 8.14. The van der Waals surface area contributed by atoms with Crippen LogP contribution in [0.25, 0.3) is 0 Å². The third-order valence-electron chi connectivity index (χ3n) is 4.24. The molecule has 0 aliphatic heterocycles. The van der Waals surface area contributed by atoms with Crippen molar-refractivity contribution in [1.29, 1.82) is 0 Å². The molecule has 0 heterocycles. The second-order valence-corrected chi connectivity index (χ2v) is 8.14. The van der Waals surface area contributed by atoms with Crippen LogP contribution in [-0.4, -0.2) is 77.7 Å². The Morgan fingerprint density at radius 2 is 1.97 bits per heavy atom. The predicted octanol–water partition coefficient (Wildman–Crippen LogP) is 0.0872. The lowest BCUT2D eigenvalue weighted by Gasteiger charge is -2.23. The third kappa shape index (κ3) is 10.8. The van der Waals surface area contributed by atoms with Crippen LogP contribution < -0.4 is 5.23 Å². The molecule has 1 atom stereocenters. The first-order valence-corrected chi connectivity index (χ1v) is 10.3. The van der Waals surface area contributed by atoms with Gasteiger partial charge in [-0.15, -0.1) is 0 Å². The third-order valence-corrected chi connectivity index (χ3v) is 4.24. The van der Waals surface area contributed by atoms with Gasteiger partial charge in [-0.2, -0.15) is 5.06 Å². The number of nitrogens with zero attached hydrogens (tertiary/aromatic N) is 2. The highest BCUT2D eigenvalue weighted by atomic mass is 16.7. The van der Waals surface area contributed by atoms with Gasteiger partial charge in [-0.25, -0.2) is 0 Å². The molecule has 0 aliphatic carbocycles. The van der Waals surface area contributed by atoms with Crippen molar-refractivity contribution in [3.05, 3.63) is 39.4 Å². The fourth-order valence-corrected chi connectivity index (χ4v) is 2.98. The second kappa shape index (κ2) is 13.9. The highest BCUT2D eigenvalue weighted by Crippen LogP contribution is 2.23. The number of rotatable bonds is 15. The molecule has 32 heavy (non-hydrogen) atoms. The highest BCUT2D eigenvalue weighted by Gasteiger charge is 2.24. The van der Waals surface area contributed by atoms with E-state index in [2.05, 4.69) is 5.23 Å². The molecule has 0 saturated heterocycles. The molecule has 3 N–H and O–H groups in total. The molecule has 1 aromatic rings. The highest BCUT2D eigenvalue weighted by molar-refractivity contribution is 6.64. The van der Waals surface area contributed by atoms with Crippen LogP contribution in [0.5, 0.6) is 0 Å². The van der Waals surface area contributed by atoms with Gasteiger partial charge < -0.3 is 25.0 Å². The lowest BCUT2D eigenvalue weighted by Crippen LogP contribution is -2.38. The Morgan fingerprint density at radius 3 is 2.50 bits per heavy atom. The van der Waals surface area contributed by atoms with E-state index in [0.717, 1.165) is 0 Å². The summed E-state index contributed by atoms with van der Waals surface area (Å²) < 4.78 is 5.33. The summed E-state index contributed by atoms with van der Waals surface area (Å²) in [5.41, 5.74) is 0.222. The minimum atomic E-state index is -0.676. The van der Waals surface area contributed by atoms with Crippen LogP contribution in [0.4, 0.5) is 5.69 Å². The number of aliphatic hydroxyl groups is 2. The van der Waals surface area contributed by atoms with Crippen LogP contribution in [0, 0.1) is 10.1 Å². The maximum atomic E-state index is 12.3. The van der Waals surface area contributed by atoms with Gasteiger partial charge in [0.15, 0.2) is 0 Å². The molecule has 0 spiro atoms.